The number of aryl methyl sites for hydroxylation is 1. The molecule has 0 radical (unpaired) electrons. The first-order chi connectivity index (χ1) is 14.8. The number of halogens is 2. The highest BCUT2D eigenvalue weighted by Gasteiger charge is 2.37. The Kier molecular flexibility index (Phi) is 6.82. The van der Waals surface area contributed by atoms with Crippen LogP contribution in [0.15, 0.2) is 53.0 Å². The summed E-state index contributed by atoms with van der Waals surface area (Å²) in [4.78, 5) is 38.9. The van der Waals surface area contributed by atoms with E-state index in [4.69, 9.17) is 21.1 Å². The molecule has 1 fully saturated rings. The number of carbonyl (C=O) groups excluding carboxylic acids is 3. The number of anilines is 1. The van der Waals surface area contributed by atoms with Crippen LogP contribution in [-0.2, 0) is 9.59 Å². The van der Waals surface area contributed by atoms with Crippen molar-refractivity contribution in [2.24, 2.45) is 0 Å². The van der Waals surface area contributed by atoms with Crippen molar-refractivity contribution in [2.45, 2.75) is 6.92 Å². The van der Waals surface area contributed by atoms with Gasteiger partial charge in [-0.1, -0.05) is 40.2 Å². The van der Waals surface area contributed by atoms with Gasteiger partial charge >= 0.3 is 6.03 Å². The number of methoxy groups -OCH3 is 1. The normalized spacial score (nSPS) is 15.2. The summed E-state index contributed by atoms with van der Waals surface area (Å²) >= 11 is 9.65. The van der Waals surface area contributed by atoms with Gasteiger partial charge < -0.3 is 9.47 Å². The van der Waals surface area contributed by atoms with Crippen LogP contribution in [0.3, 0.4) is 0 Å². The maximum absolute atomic E-state index is 13.1. The summed E-state index contributed by atoms with van der Waals surface area (Å²) in [6.45, 7) is 5.57. The van der Waals surface area contributed by atoms with Crippen molar-refractivity contribution in [3.05, 3.63) is 69.2 Å². The lowest BCUT2D eigenvalue weighted by atomic mass is 10.1. The Labute approximate surface area is 192 Å². The Hall–Kier alpha value is -3.10. The number of amides is 4. The second kappa shape index (κ2) is 9.36. The zero-order valence-electron chi connectivity index (χ0n) is 16.7. The van der Waals surface area contributed by atoms with E-state index in [1.165, 1.54) is 19.3 Å². The molecular formula is C22H18BrClN2O5. The maximum Gasteiger partial charge on any atom is 0.335 e. The fourth-order valence-corrected chi connectivity index (χ4v) is 3.77. The third-order valence-electron chi connectivity index (χ3n) is 4.41. The standard InChI is InChI=1S/C22H18BrClN2O5/c1-4-7-31-19-16(24)10-13(11-18(19)30-3)9-15-20(27)25-22(29)26(21(15)28)17-6-5-14(23)8-12(17)2/h4-6,8-11H,1,7H2,2-3H3,(H,25,27,29)/b15-9-. The van der Waals surface area contributed by atoms with Crippen LogP contribution in [0, 0.1) is 6.92 Å². The van der Waals surface area contributed by atoms with Crippen LogP contribution >= 0.6 is 27.5 Å². The average Bonchev–Trinajstić information content (AvgIpc) is 2.71. The summed E-state index contributed by atoms with van der Waals surface area (Å²) in [5.41, 5.74) is 1.25. The summed E-state index contributed by atoms with van der Waals surface area (Å²) in [6, 6.07) is 7.38. The number of nitrogens with one attached hydrogen (secondary N) is 1. The zero-order valence-corrected chi connectivity index (χ0v) is 19.0. The van der Waals surface area contributed by atoms with Gasteiger partial charge in [-0.25, -0.2) is 9.69 Å². The molecule has 0 aliphatic carbocycles. The Morgan fingerprint density at radius 3 is 2.61 bits per heavy atom. The van der Waals surface area contributed by atoms with Crippen LogP contribution in [0.1, 0.15) is 11.1 Å². The van der Waals surface area contributed by atoms with E-state index in [1.54, 1.807) is 37.3 Å². The number of carbonyl (C=O) groups is 3. The third-order valence-corrected chi connectivity index (χ3v) is 5.18. The molecule has 7 nitrogen and oxygen atoms in total. The van der Waals surface area contributed by atoms with Gasteiger partial charge in [0.05, 0.1) is 17.8 Å². The zero-order chi connectivity index (χ0) is 22.7. The number of urea groups is 1. The number of benzene rings is 2. The Morgan fingerprint density at radius 1 is 1.23 bits per heavy atom. The highest BCUT2D eigenvalue weighted by Crippen LogP contribution is 2.37. The monoisotopic (exact) mass is 504 g/mol. The summed E-state index contributed by atoms with van der Waals surface area (Å²) in [7, 11) is 1.44. The topological polar surface area (TPSA) is 84.9 Å². The van der Waals surface area contributed by atoms with Crippen LogP contribution in [0.5, 0.6) is 11.5 Å². The minimum Gasteiger partial charge on any atom is -0.493 e. The van der Waals surface area contributed by atoms with E-state index in [0.717, 1.165) is 9.37 Å². The van der Waals surface area contributed by atoms with Gasteiger partial charge in [0.15, 0.2) is 11.5 Å². The molecule has 0 saturated carbocycles. The van der Waals surface area contributed by atoms with Gasteiger partial charge in [0.1, 0.15) is 12.2 Å². The predicted molar refractivity (Wildman–Crippen MR) is 122 cm³/mol. The SMILES string of the molecule is C=CCOc1c(Cl)cc(/C=C2/C(=O)NC(=O)N(c3ccc(Br)cc3C)C2=O)cc1OC. The van der Waals surface area contributed by atoms with Crippen molar-refractivity contribution in [1.82, 2.24) is 5.32 Å². The first-order valence-corrected chi connectivity index (χ1v) is 10.2. The maximum atomic E-state index is 13.1. The van der Waals surface area contributed by atoms with E-state index in [1.807, 2.05) is 0 Å². The van der Waals surface area contributed by atoms with Gasteiger partial charge in [-0.2, -0.15) is 0 Å². The molecule has 0 spiro atoms. The van der Waals surface area contributed by atoms with Gasteiger partial charge in [-0.05, 0) is 54.5 Å². The quantitative estimate of drug-likeness (QED) is 0.351. The number of imide groups is 2. The number of ether oxygens (including phenoxy) is 2. The smallest absolute Gasteiger partial charge is 0.335 e. The molecular weight excluding hydrogens is 488 g/mol. The fourth-order valence-electron chi connectivity index (χ4n) is 3.02. The molecule has 1 heterocycles. The van der Waals surface area contributed by atoms with Crippen LogP contribution in [-0.4, -0.2) is 31.6 Å². The lowest BCUT2D eigenvalue weighted by molar-refractivity contribution is -0.122. The van der Waals surface area contributed by atoms with Crippen molar-refractivity contribution in [3.8, 4) is 11.5 Å². The molecule has 9 heteroatoms. The van der Waals surface area contributed by atoms with Crippen LogP contribution in [0.4, 0.5) is 10.5 Å². The molecule has 3 rings (SSSR count). The molecule has 0 aromatic heterocycles. The van der Waals surface area contributed by atoms with Crippen molar-refractivity contribution < 1.29 is 23.9 Å². The van der Waals surface area contributed by atoms with Gasteiger partial charge in [0.25, 0.3) is 11.8 Å². The summed E-state index contributed by atoms with van der Waals surface area (Å²) in [6.07, 6.45) is 2.91. The summed E-state index contributed by atoms with van der Waals surface area (Å²) in [5, 5.41) is 2.43. The predicted octanol–water partition coefficient (Wildman–Crippen LogP) is 4.65. The van der Waals surface area contributed by atoms with Crippen molar-refractivity contribution in [3.63, 3.8) is 0 Å². The molecule has 1 aliphatic rings. The molecule has 1 aliphatic heterocycles. The molecule has 160 valence electrons. The van der Waals surface area contributed by atoms with E-state index < -0.39 is 17.8 Å². The number of hydrogen-bond donors (Lipinski definition) is 1. The number of hydrogen-bond acceptors (Lipinski definition) is 5. The van der Waals surface area contributed by atoms with E-state index in [9.17, 15) is 14.4 Å². The lowest BCUT2D eigenvalue weighted by Crippen LogP contribution is -2.54. The average molecular weight is 506 g/mol. The van der Waals surface area contributed by atoms with E-state index >= 15 is 0 Å². The highest BCUT2D eigenvalue weighted by molar-refractivity contribution is 9.10. The van der Waals surface area contributed by atoms with E-state index in [2.05, 4.69) is 27.8 Å². The number of barbiturate groups is 1. The first-order valence-electron chi connectivity index (χ1n) is 9.05. The Morgan fingerprint density at radius 2 is 1.97 bits per heavy atom. The van der Waals surface area contributed by atoms with E-state index in [-0.39, 0.29) is 17.2 Å². The molecule has 2 aromatic rings. The van der Waals surface area contributed by atoms with Gasteiger partial charge in [0.2, 0.25) is 0 Å². The van der Waals surface area contributed by atoms with Crippen molar-refractivity contribution >= 4 is 57.1 Å². The third kappa shape index (κ3) is 4.65. The Bertz CT molecular complexity index is 1130. The van der Waals surface area contributed by atoms with Crippen LogP contribution in [0.2, 0.25) is 5.02 Å². The molecule has 4 amide bonds. The van der Waals surface area contributed by atoms with E-state index in [0.29, 0.717) is 28.3 Å². The van der Waals surface area contributed by atoms with Gasteiger partial charge in [0, 0.05) is 4.47 Å². The molecule has 0 bridgehead atoms. The molecule has 31 heavy (non-hydrogen) atoms. The molecule has 1 N–H and O–H groups in total. The minimum absolute atomic E-state index is 0.222. The molecule has 1 saturated heterocycles. The fraction of sp³-hybridized carbons (Fsp3) is 0.136. The molecule has 2 aromatic carbocycles. The minimum atomic E-state index is -0.818. The van der Waals surface area contributed by atoms with Crippen molar-refractivity contribution in [1.29, 1.82) is 0 Å². The van der Waals surface area contributed by atoms with Crippen LogP contribution < -0.4 is 19.7 Å². The van der Waals surface area contributed by atoms with Gasteiger partial charge in [-0.15, -0.1) is 0 Å². The second-order valence-electron chi connectivity index (χ2n) is 6.52. The van der Waals surface area contributed by atoms with Crippen molar-refractivity contribution in [2.75, 3.05) is 18.6 Å². The second-order valence-corrected chi connectivity index (χ2v) is 7.85. The summed E-state index contributed by atoms with van der Waals surface area (Å²) in [5.74, 6) is -0.918. The highest BCUT2D eigenvalue weighted by atomic mass is 79.9. The number of rotatable bonds is 6. The number of nitrogens with zero attached hydrogens (tertiary/aromatic N) is 1. The van der Waals surface area contributed by atoms with Gasteiger partial charge in [-0.3, -0.25) is 14.9 Å². The Balaban J connectivity index is 2.04. The largest absolute Gasteiger partial charge is 0.493 e. The first kappa shape index (κ1) is 22.6. The summed E-state index contributed by atoms with van der Waals surface area (Å²) < 4.78 is 11.6. The molecule has 0 atom stereocenters. The lowest BCUT2D eigenvalue weighted by Gasteiger charge is -2.27. The van der Waals surface area contributed by atoms with Crippen LogP contribution in [0.25, 0.3) is 6.08 Å². The molecule has 0 unspecified atom stereocenters.